The summed E-state index contributed by atoms with van der Waals surface area (Å²) >= 11 is 5.75. The van der Waals surface area contributed by atoms with Crippen molar-refractivity contribution in [3.8, 4) is 6.07 Å². The maximum absolute atomic E-state index is 12.3. The van der Waals surface area contributed by atoms with Crippen molar-refractivity contribution in [2.45, 2.75) is 18.2 Å². The number of rotatable bonds is 6. The molecule has 0 aliphatic rings. The van der Waals surface area contributed by atoms with Crippen molar-refractivity contribution in [2.24, 2.45) is 0 Å². The molecule has 0 saturated heterocycles. The van der Waals surface area contributed by atoms with Crippen LogP contribution in [0.2, 0.25) is 5.02 Å². The molecule has 0 unspecified atom stereocenters. The van der Waals surface area contributed by atoms with Crippen LogP contribution in [0.1, 0.15) is 18.9 Å². The molecule has 0 radical (unpaired) electrons. The van der Waals surface area contributed by atoms with Crippen molar-refractivity contribution in [1.82, 2.24) is 4.31 Å². The molecule has 0 aromatic heterocycles. The van der Waals surface area contributed by atoms with Gasteiger partial charge in [0.2, 0.25) is 10.0 Å². The first-order chi connectivity index (χ1) is 9.32. The van der Waals surface area contributed by atoms with E-state index < -0.39 is 22.5 Å². The van der Waals surface area contributed by atoms with E-state index in [9.17, 15) is 13.2 Å². The fraction of sp³-hybridized carbons (Fsp3) is 0.333. The Hall–Kier alpha value is -1.62. The van der Waals surface area contributed by atoms with E-state index in [0.29, 0.717) is 6.42 Å². The molecule has 0 aliphatic carbocycles. The summed E-state index contributed by atoms with van der Waals surface area (Å²) in [5.41, 5.74) is 0.0273. The van der Waals surface area contributed by atoms with Gasteiger partial charge >= 0.3 is 5.97 Å². The molecule has 0 aliphatic heterocycles. The second-order valence-electron chi connectivity index (χ2n) is 3.99. The van der Waals surface area contributed by atoms with E-state index in [-0.39, 0.29) is 22.0 Å². The van der Waals surface area contributed by atoms with Crippen LogP contribution in [0.4, 0.5) is 0 Å². The Balaban J connectivity index is 3.26. The average Bonchev–Trinajstić information content (AvgIpc) is 2.38. The number of halogens is 1. The third-order valence-electron chi connectivity index (χ3n) is 2.48. The van der Waals surface area contributed by atoms with Crippen LogP contribution in [0.5, 0.6) is 0 Å². The lowest BCUT2D eigenvalue weighted by Gasteiger charge is -2.19. The third kappa shape index (κ3) is 3.70. The largest absolute Gasteiger partial charge is 0.480 e. The van der Waals surface area contributed by atoms with Crippen molar-refractivity contribution in [1.29, 1.82) is 5.26 Å². The van der Waals surface area contributed by atoms with E-state index in [2.05, 4.69) is 0 Å². The molecule has 0 heterocycles. The van der Waals surface area contributed by atoms with Crippen molar-refractivity contribution >= 4 is 27.6 Å². The topological polar surface area (TPSA) is 98.5 Å². The normalized spacial score (nSPS) is 11.3. The lowest BCUT2D eigenvalue weighted by Crippen LogP contribution is -2.36. The van der Waals surface area contributed by atoms with Crippen LogP contribution in [0.25, 0.3) is 0 Å². The van der Waals surface area contributed by atoms with E-state index in [1.165, 1.54) is 12.1 Å². The standard InChI is InChI=1S/C12H13ClN2O4S/c1-2-5-15(8-12(16)17)20(18,19)10-3-4-11(13)9(6-10)7-14/h3-4,6H,2,5,8H2,1H3,(H,16,17). The first kappa shape index (κ1) is 16.4. The highest BCUT2D eigenvalue weighted by molar-refractivity contribution is 7.89. The maximum Gasteiger partial charge on any atom is 0.318 e. The molecular formula is C12H13ClN2O4S. The predicted molar refractivity (Wildman–Crippen MR) is 72.9 cm³/mol. The summed E-state index contributed by atoms with van der Waals surface area (Å²) < 4.78 is 25.6. The van der Waals surface area contributed by atoms with E-state index in [1.807, 2.05) is 0 Å². The summed E-state index contributed by atoms with van der Waals surface area (Å²) in [5, 5.41) is 17.8. The molecule has 6 nitrogen and oxygen atoms in total. The van der Waals surface area contributed by atoms with Crippen LogP contribution in [-0.2, 0) is 14.8 Å². The van der Waals surface area contributed by atoms with Crippen molar-refractivity contribution in [3.63, 3.8) is 0 Å². The number of sulfonamides is 1. The monoisotopic (exact) mass is 316 g/mol. The second-order valence-corrected chi connectivity index (χ2v) is 6.33. The zero-order valence-corrected chi connectivity index (χ0v) is 12.3. The van der Waals surface area contributed by atoms with Gasteiger partial charge in [0.1, 0.15) is 12.6 Å². The van der Waals surface area contributed by atoms with Gasteiger partial charge in [-0.25, -0.2) is 8.42 Å². The first-order valence-corrected chi connectivity index (χ1v) is 7.56. The Labute approximate surface area is 122 Å². The molecule has 0 spiro atoms. The van der Waals surface area contributed by atoms with Gasteiger partial charge in [-0.3, -0.25) is 4.79 Å². The van der Waals surface area contributed by atoms with Gasteiger partial charge in [0, 0.05) is 6.54 Å². The van der Waals surface area contributed by atoms with Gasteiger partial charge in [-0.15, -0.1) is 0 Å². The molecule has 1 N–H and O–H groups in total. The van der Waals surface area contributed by atoms with E-state index in [4.69, 9.17) is 22.0 Å². The molecule has 1 aromatic rings. The summed E-state index contributed by atoms with van der Waals surface area (Å²) in [7, 11) is -3.96. The van der Waals surface area contributed by atoms with Crippen molar-refractivity contribution in [2.75, 3.05) is 13.1 Å². The molecule has 1 rings (SSSR count). The quantitative estimate of drug-likeness (QED) is 0.861. The summed E-state index contributed by atoms with van der Waals surface area (Å²) in [6.45, 7) is 1.20. The van der Waals surface area contributed by atoms with Crippen LogP contribution in [0, 0.1) is 11.3 Å². The molecule has 0 bridgehead atoms. The second kappa shape index (κ2) is 6.70. The number of hydrogen-bond acceptors (Lipinski definition) is 4. The zero-order chi connectivity index (χ0) is 15.3. The number of carboxylic acid groups (broad SMARTS) is 1. The molecule has 108 valence electrons. The Morgan fingerprint density at radius 3 is 2.65 bits per heavy atom. The third-order valence-corrected chi connectivity index (χ3v) is 4.65. The van der Waals surface area contributed by atoms with E-state index in [0.717, 1.165) is 10.4 Å². The van der Waals surface area contributed by atoms with Gasteiger partial charge in [0.25, 0.3) is 0 Å². The Kier molecular flexibility index (Phi) is 5.51. The molecule has 0 amide bonds. The summed E-state index contributed by atoms with van der Waals surface area (Å²) in [6, 6.07) is 5.49. The number of nitrogens with zero attached hydrogens (tertiary/aromatic N) is 2. The highest BCUT2D eigenvalue weighted by Crippen LogP contribution is 2.22. The van der Waals surface area contributed by atoms with Gasteiger partial charge in [0.15, 0.2) is 0 Å². The molecule has 1 aromatic carbocycles. The number of carboxylic acids is 1. The summed E-state index contributed by atoms with van der Waals surface area (Å²) in [6.07, 6.45) is 0.477. The van der Waals surface area contributed by atoms with Crippen LogP contribution in [-0.4, -0.2) is 36.9 Å². The maximum atomic E-state index is 12.3. The highest BCUT2D eigenvalue weighted by atomic mass is 35.5. The van der Waals surface area contributed by atoms with Gasteiger partial charge in [-0.1, -0.05) is 18.5 Å². The van der Waals surface area contributed by atoms with E-state index >= 15 is 0 Å². The van der Waals surface area contributed by atoms with Gasteiger partial charge in [0.05, 0.1) is 15.5 Å². The lowest BCUT2D eigenvalue weighted by molar-refractivity contribution is -0.137. The summed E-state index contributed by atoms with van der Waals surface area (Å²) in [4.78, 5) is 10.6. The molecule has 8 heteroatoms. The molecule has 0 saturated carbocycles. The summed E-state index contributed by atoms with van der Waals surface area (Å²) in [5.74, 6) is -1.24. The van der Waals surface area contributed by atoms with Gasteiger partial charge in [-0.05, 0) is 24.6 Å². The van der Waals surface area contributed by atoms with Crippen LogP contribution < -0.4 is 0 Å². The van der Waals surface area contributed by atoms with Crippen LogP contribution in [0.15, 0.2) is 23.1 Å². The van der Waals surface area contributed by atoms with Crippen LogP contribution in [0.3, 0.4) is 0 Å². The minimum Gasteiger partial charge on any atom is -0.480 e. The minimum absolute atomic E-state index is 0.0273. The SMILES string of the molecule is CCCN(CC(=O)O)S(=O)(=O)c1ccc(Cl)c(C#N)c1. The molecule has 20 heavy (non-hydrogen) atoms. The van der Waals surface area contributed by atoms with Crippen molar-refractivity contribution < 1.29 is 18.3 Å². The Bertz CT molecular complexity index is 652. The fourth-order valence-corrected chi connectivity index (χ4v) is 3.25. The zero-order valence-electron chi connectivity index (χ0n) is 10.7. The number of nitriles is 1. The average molecular weight is 317 g/mol. The lowest BCUT2D eigenvalue weighted by atomic mass is 10.2. The first-order valence-electron chi connectivity index (χ1n) is 5.74. The fourth-order valence-electron chi connectivity index (χ4n) is 1.58. The minimum atomic E-state index is -3.96. The van der Waals surface area contributed by atoms with Crippen LogP contribution >= 0.6 is 11.6 Å². The van der Waals surface area contributed by atoms with Gasteiger partial charge < -0.3 is 5.11 Å². The smallest absolute Gasteiger partial charge is 0.318 e. The Morgan fingerprint density at radius 2 is 2.15 bits per heavy atom. The predicted octanol–water partition coefficient (Wildman–Crippen LogP) is 1.70. The number of aliphatic carboxylic acids is 1. The van der Waals surface area contributed by atoms with E-state index in [1.54, 1.807) is 13.0 Å². The van der Waals surface area contributed by atoms with Gasteiger partial charge in [-0.2, -0.15) is 9.57 Å². The Morgan fingerprint density at radius 1 is 1.50 bits per heavy atom. The highest BCUT2D eigenvalue weighted by Gasteiger charge is 2.26. The number of benzene rings is 1. The van der Waals surface area contributed by atoms with Crippen molar-refractivity contribution in [3.05, 3.63) is 28.8 Å². The molecule has 0 atom stereocenters. The number of carbonyl (C=O) groups is 1. The molecule has 0 fully saturated rings. The molecular weight excluding hydrogens is 304 g/mol. The number of hydrogen-bond donors (Lipinski definition) is 1.